The van der Waals surface area contributed by atoms with Crippen LogP contribution < -0.4 is 0 Å². The lowest BCUT2D eigenvalue weighted by molar-refractivity contribution is 0.802. The van der Waals surface area contributed by atoms with E-state index < -0.39 is 0 Å². The zero-order chi connectivity index (χ0) is 14.0. The monoisotopic (exact) mass is 293 g/mol. The zero-order valence-electron chi connectivity index (χ0n) is 11.4. The van der Waals surface area contributed by atoms with E-state index in [0.29, 0.717) is 5.15 Å². The molecular weight excluding hydrogens is 278 g/mol. The van der Waals surface area contributed by atoms with Crippen molar-refractivity contribution in [2.75, 3.05) is 0 Å². The normalized spacial score (nSPS) is 11.1. The fourth-order valence-corrected chi connectivity index (χ4v) is 3.46. The van der Waals surface area contributed by atoms with Crippen molar-refractivity contribution in [2.24, 2.45) is 0 Å². The Labute approximate surface area is 122 Å². The van der Waals surface area contributed by atoms with Crippen LogP contribution in [0.4, 0.5) is 0 Å². The maximum Gasteiger partial charge on any atom is 0.137 e. The Hall–Kier alpha value is -1.13. The van der Waals surface area contributed by atoms with E-state index in [9.17, 15) is 0 Å². The summed E-state index contributed by atoms with van der Waals surface area (Å²) in [7, 11) is 0. The highest BCUT2D eigenvalue weighted by Gasteiger charge is 2.15. The Balaban J connectivity index is 2.40. The van der Waals surface area contributed by atoms with Crippen molar-refractivity contribution < 1.29 is 0 Å². The number of hydrogen-bond acceptors (Lipinski definition) is 4. The molecule has 0 aliphatic heterocycles. The third-order valence-electron chi connectivity index (χ3n) is 2.65. The van der Waals surface area contributed by atoms with Crippen molar-refractivity contribution in [1.29, 1.82) is 0 Å². The van der Waals surface area contributed by atoms with Gasteiger partial charge in [-0.1, -0.05) is 25.4 Å². The fraction of sp³-hybridized carbons (Fsp3) is 0.357. The molecule has 0 bridgehead atoms. The summed E-state index contributed by atoms with van der Waals surface area (Å²) in [4.78, 5) is 12.9. The summed E-state index contributed by atoms with van der Waals surface area (Å²) in [5, 5.41) is 2.35. The van der Waals surface area contributed by atoms with Crippen LogP contribution in [0.25, 0.3) is 0 Å². The van der Waals surface area contributed by atoms with E-state index in [1.807, 2.05) is 6.92 Å². The second-order valence-electron chi connectivity index (χ2n) is 4.76. The summed E-state index contributed by atoms with van der Waals surface area (Å²) in [6.45, 7) is 8.23. The van der Waals surface area contributed by atoms with Gasteiger partial charge in [0.05, 0.1) is 0 Å². The topological polar surface area (TPSA) is 38.7 Å². The van der Waals surface area contributed by atoms with Gasteiger partial charge in [0.15, 0.2) is 0 Å². The summed E-state index contributed by atoms with van der Waals surface area (Å²) in [6.07, 6.45) is 1.50. The van der Waals surface area contributed by atoms with Crippen molar-refractivity contribution in [3.05, 3.63) is 40.4 Å². The molecule has 0 atom stereocenters. The van der Waals surface area contributed by atoms with Gasteiger partial charge in [-0.2, -0.15) is 0 Å². The predicted molar refractivity (Wildman–Crippen MR) is 79.0 cm³/mol. The molecule has 0 saturated carbocycles. The van der Waals surface area contributed by atoms with Crippen LogP contribution in [0.3, 0.4) is 0 Å². The van der Waals surface area contributed by atoms with Crippen molar-refractivity contribution in [2.45, 2.75) is 43.7 Å². The van der Waals surface area contributed by atoms with Crippen LogP contribution in [-0.4, -0.2) is 15.0 Å². The van der Waals surface area contributed by atoms with Crippen LogP contribution in [-0.2, 0) is 0 Å². The van der Waals surface area contributed by atoms with Crippen LogP contribution in [0.15, 0.2) is 28.5 Å². The molecule has 0 aliphatic carbocycles. The smallest absolute Gasteiger partial charge is 0.137 e. The Morgan fingerprint density at radius 2 is 1.89 bits per heavy atom. The van der Waals surface area contributed by atoms with E-state index >= 15 is 0 Å². The summed E-state index contributed by atoms with van der Waals surface area (Å²) >= 11 is 7.71. The van der Waals surface area contributed by atoms with Gasteiger partial charge < -0.3 is 0 Å². The predicted octanol–water partition coefficient (Wildman–Crippen LogP) is 4.42. The minimum absolute atomic E-state index is 0.280. The van der Waals surface area contributed by atoms with E-state index in [-0.39, 0.29) is 5.92 Å². The number of aromatic nitrogens is 3. The first-order valence-corrected chi connectivity index (χ1v) is 7.30. The minimum Gasteiger partial charge on any atom is -0.246 e. The molecule has 2 heterocycles. The fourth-order valence-electron chi connectivity index (χ4n) is 1.88. The molecule has 5 heteroatoms. The molecule has 0 aromatic carbocycles. The van der Waals surface area contributed by atoms with Crippen LogP contribution in [0.5, 0.6) is 0 Å². The Kier molecular flexibility index (Phi) is 4.42. The molecule has 100 valence electrons. The SMILES string of the molecule is Cc1cc(C)nc(Sc2ncnc(Cl)c2C(C)C)c1. The maximum absolute atomic E-state index is 6.17. The molecule has 2 aromatic heterocycles. The van der Waals surface area contributed by atoms with Crippen LogP contribution in [0, 0.1) is 13.8 Å². The van der Waals surface area contributed by atoms with Gasteiger partial charge in [0.1, 0.15) is 21.5 Å². The van der Waals surface area contributed by atoms with Crippen molar-refractivity contribution in [3.8, 4) is 0 Å². The van der Waals surface area contributed by atoms with E-state index in [1.54, 1.807) is 0 Å². The average Bonchev–Trinajstić information content (AvgIpc) is 2.26. The first kappa shape index (κ1) is 14.3. The maximum atomic E-state index is 6.17. The molecule has 0 spiro atoms. The van der Waals surface area contributed by atoms with E-state index in [4.69, 9.17) is 11.6 Å². The molecular formula is C14H16ClN3S. The zero-order valence-corrected chi connectivity index (χ0v) is 13.0. The second-order valence-corrected chi connectivity index (χ2v) is 6.13. The molecule has 0 radical (unpaired) electrons. The molecule has 0 fully saturated rings. The van der Waals surface area contributed by atoms with Crippen LogP contribution >= 0.6 is 23.4 Å². The number of pyridine rings is 1. The number of halogens is 1. The first-order chi connectivity index (χ1) is 8.97. The van der Waals surface area contributed by atoms with E-state index in [1.165, 1.54) is 23.7 Å². The van der Waals surface area contributed by atoms with Crippen LogP contribution in [0.2, 0.25) is 5.15 Å². The van der Waals surface area contributed by atoms with Crippen molar-refractivity contribution in [3.63, 3.8) is 0 Å². The lowest BCUT2D eigenvalue weighted by atomic mass is 10.1. The van der Waals surface area contributed by atoms with Gasteiger partial charge in [-0.15, -0.1) is 0 Å². The molecule has 0 saturated heterocycles. The first-order valence-electron chi connectivity index (χ1n) is 6.11. The molecule has 0 unspecified atom stereocenters. The Bertz CT molecular complexity index is 579. The van der Waals surface area contributed by atoms with Gasteiger partial charge in [0.25, 0.3) is 0 Å². The van der Waals surface area contributed by atoms with E-state index in [2.05, 4.69) is 47.9 Å². The Morgan fingerprint density at radius 3 is 2.53 bits per heavy atom. The van der Waals surface area contributed by atoms with Gasteiger partial charge in [-0.3, -0.25) is 0 Å². The number of aryl methyl sites for hydroxylation is 2. The van der Waals surface area contributed by atoms with Gasteiger partial charge in [-0.25, -0.2) is 15.0 Å². The van der Waals surface area contributed by atoms with Crippen molar-refractivity contribution in [1.82, 2.24) is 15.0 Å². The molecule has 0 aliphatic rings. The Morgan fingerprint density at radius 1 is 1.16 bits per heavy atom. The summed E-state index contributed by atoms with van der Waals surface area (Å²) < 4.78 is 0. The molecule has 3 nitrogen and oxygen atoms in total. The summed E-state index contributed by atoms with van der Waals surface area (Å²) in [5.41, 5.74) is 3.19. The third kappa shape index (κ3) is 3.45. The molecule has 0 N–H and O–H groups in total. The highest BCUT2D eigenvalue weighted by atomic mass is 35.5. The molecule has 2 aromatic rings. The van der Waals surface area contributed by atoms with Gasteiger partial charge >= 0.3 is 0 Å². The number of nitrogens with zero attached hydrogens (tertiary/aromatic N) is 3. The number of hydrogen-bond donors (Lipinski definition) is 0. The standard InChI is InChI=1S/C14H16ClN3S/c1-8(2)12-13(15)16-7-17-14(12)19-11-6-9(3)5-10(4)18-11/h5-8H,1-4H3. The van der Waals surface area contributed by atoms with Gasteiger partial charge in [0, 0.05) is 11.3 Å². The lowest BCUT2D eigenvalue weighted by Gasteiger charge is -2.12. The minimum atomic E-state index is 0.280. The van der Waals surface area contributed by atoms with Gasteiger partial charge in [-0.05, 0) is 49.2 Å². The van der Waals surface area contributed by atoms with E-state index in [0.717, 1.165) is 21.3 Å². The average molecular weight is 294 g/mol. The second kappa shape index (κ2) is 5.88. The largest absolute Gasteiger partial charge is 0.246 e. The summed E-state index contributed by atoms with van der Waals surface area (Å²) in [6, 6.07) is 4.11. The quantitative estimate of drug-likeness (QED) is 0.785. The highest BCUT2D eigenvalue weighted by molar-refractivity contribution is 7.99. The number of rotatable bonds is 3. The molecule has 2 rings (SSSR count). The highest BCUT2D eigenvalue weighted by Crippen LogP contribution is 2.34. The third-order valence-corrected chi connectivity index (χ3v) is 3.89. The molecule has 19 heavy (non-hydrogen) atoms. The van der Waals surface area contributed by atoms with Crippen LogP contribution in [0.1, 0.15) is 36.6 Å². The van der Waals surface area contributed by atoms with Crippen molar-refractivity contribution >= 4 is 23.4 Å². The summed E-state index contributed by atoms with van der Waals surface area (Å²) in [5.74, 6) is 0.280. The lowest BCUT2D eigenvalue weighted by Crippen LogP contribution is -1.98. The van der Waals surface area contributed by atoms with Gasteiger partial charge in [0.2, 0.25) is 0 Å². The molecule has 0 amide bonds.